The molecule has 0 spiro atoms. The summed E-state index contributed by atoms with van der Waals surface area (Å²) < 4.78 is 6.37. The van der Waals surface area contributed by atoms with Crippen LogP contribution in [0.4, 0.5) is 0 Å². The van der Waals surface area contributed by atoms with Gasteiger partial charge in [0, 0.05) is 0 Å². The van der Waals surface area contributed by atoms with E-state index in [0.29, 0.717) is 0 Å². The third-order valence-corrected chi connectivity index (χ3v) is 4.68. The second-order valence-electron chi connectivity index (χ2n) is 6.03. The lowest BCUT2D eigenvalue weighted by Gasteiger charge is -2.42. The summed E-state index contributed by atoms with van der Waals surface area (Å²) in [6.45, 7) is 4.28. The van der Waals surface area contributed by atoms with E-state index in [9.17, 15) is 0 Å². The van der Waals surface area contributed by atoms with Crippen LogP contribution in [0.15, 0.2) is 18.2 Å². The number of nitrogens with one attached hydrogen (secondary N) is 1. The molecular formula is C17H25NO. The molecule has 1 aromatic carbocycles. The van der Waals surface area contributed by atoms with Gasteiger partial charge in [-0.25, -0.2) is 0 Å². The maximum atomic E-state index is 6.37. The molecule has 2 heteroatoms. The number of benzene rings is 1. The van der Waals surface area contributed by atoms with Crippen molar-refractivity contribution in [3.05, 3.63) is 29.3 Å². The predicted molar refractivity (Wildman–Crippen MR) is 78.8 cm³/mol. The lowest BCUT2D eigenvalue weighted by atomic mass is 9.77. The molecule has 2 nitrogen and oxygen atoms in total. The van der Waals surface area contributed by atoms with Crippen LogP contribution in [0.25, 0.3) is 0 Å². The van der Waals surface area contributed by atoms with Gasteiger partial charge in [0.05, 0.1) is 0 Å². The zero-order valence-corrected chi connectivity index (χ0v) is 12.0. The van der Waals surface area contributed by atoms with Crippen molar-refractivity contribution >= 4 is 0 Å². The van der Waals surface area contributed by atoms with E-state index in [-0.39, 0.29) is 5.60 Å². The summed E-state index contributed by atoms with van der Waals surface area (Å²) in [6.07, 6.45) is 8.68. The van der Waals surface area contributed by atoms with Crippen molar-refractivity contribution in [1.82, 2.24) is 5.32 Å². The molecule has 0 unspecified atom stereocenters. The van der Waals surface area contributed by atoms with Crippen molar-refractivity contribution in [2.75, 3.05) is 13.1 Å². The first-order chi connectivity index (χ1) is 9.31. The molecule has 1 N–H and O–H groups in total. The van der Waals surface area contributed by atoms with Gasteiger partial charge in [-0.15, -0.1) is 0 Å². The maximum absolute atomic E-state index is 6.37. The third kappa shape index (κ3) is 2.79. The maximum Gasteiger partial charge on any atom is 0.120 e. The van der Waals surface area contributed by atoms with Crippen LogP contribution >= 0.6 is 0 Å². The van der Waals surface area contributed by atoms with E-state index < -0.39 is 0 Å². The smallest absolute Gasteiger partial charge is 0.120 e. The van der Waals surface area contributed by atoms with Crippen molar-refractivity contribution in [3.63, 3.8) is 0 Å². The first kappa shape index (κ1) is 13.0. The molecule has 0 radical (unpaired) electrons. The Balaban J connectivity index is 1.65. The van der Waals surface area contributed by atoms with Gasteiger partial charge < -0.3 is 10.1 Å². The molecule has 2 aliphatic rings. The van der Waals surface area contributed by atoms with Gasteiger partial charge in [-0.2, -0.15) is 0 Å². The van der Waals surface area contributed by atoms with Crippen LogP contribution < -0.4 is 10.1 Å². The van der Waals surface area contributed by atoms with E-state index in [1.54, 1.807) is 0 Å². The highest BCUT2D eigenvalue weighted by molar-refractivity contribution is 5.38. The minimum Gasteiger partial charge on any atom is -0.487 e. The summed E-state index contributed by atoms with van der Waals surface area (Å²) in [4.78, 5) is 0. The molecule has 0 heterocycles. The molecule has 0 saturated heterocycles. The molecule has 0 aliphatic heterocycles. The van der Waals surface area contributed by atoms with Crippen LogP contribution in [0.3, 0.4) is 0 Å². The summed E-state index contributed by atoms with van der Waals surface area (Å²) in [6, 6.07) is 6.74. The SMILES string of the molecule is CCNCCC1(Oc2ccc3c(c2)CCC3)CCC1. The first-order valence-electron chi connectivity index (χ1n) is 7.83. The molecule has 0 bridgehead atoms. The molecular weight excluding hydrogens is 234 g/mol. The highest BCUT2D eigenvalue weighted by Gasteiger charge is 2.38. The second-order valence-corrected chi connectivity index (χ2v) is 6.03. The summed E-state index contributed by atoms with van der Waals surface area (Å²) in [5.74, 6) is 1.09. The van der Waals surface area contributed by atoms with E-state index in [0.717, 1.165) is 25.3 Å². The predicted octanol–water partition coefficient (Wildman–Crippen LogP) is 3.48. The Morgan fingerprint density at radius 3 is 2.74 bits per heavy atom. The van der Waals surface area contributed by atoms with Crippen LogP contribution in [-0.4, -0.2) is 18.7 Å². The van der Waals surface area contributed by atoms with E-state index in [2.05, 4.69) is 30.4 Å². The second kappa shape index (κ2) is 5.54. The highest BCUT2D eigenvalue weighted by Crippen LogP contribution is 2.40. The minimum absolute atomic E-state index is 0.120. The Kier molecular flexibility index (Phi) is 3.79. The van der Waals surface area contributed by atoms with Crippen LogP contribution in [0, 0.1) is 0 Å². The van der Waals surface area contributed by atoms with Crippen molar-refractivity contribution in [3.8, 4) is 5.75 Å². The zero-order valence-electron chi connectivity index (χ0n) is 12.0. The van der Waals surface area contributed by atoms with Gasteiger partial charge in [0.2, 0.25) is 0 Å². The topological polar surface area (TPSA) is 21.3 Å². The van der Waals surface area contributed by atoms with Crippen molar-refractivity contribution < 1.29 is 4.74 Å². The van der Waals surface area contributed by atoms with Gasteiger partial charge in [-0.1, -0.05) is 13.0 Å². The molecule has 0 atom stereocenters. The summed E-state index contributed by atoms with van der Waals surface area (Å²) in [5.41, 5.74) is 3.16. The van der Waals surface area contributed by atoms with Crippen LogP contribution in [0.1, 0.15) is 50.2 Å². The summed E-state index contributed by atoms with van der Waals surface area (Å²) in [5, 5.41) is 3.42. The molecule has 0 amide bonds. The monoisotopic (exact) mass is 259 g/mol. The van der Waals surface area contributed by atoms with Gasteiger partial charge in [0.1, 0.15) is 11.4 Å². The Morgan fingerprint density at radius 1 is 1.16 bits per heavy atom. The van der Waals surface area contributed by atoms with E-state index in [4.69, 9.17) is 4.74 Å². The molecule has 1 fully saturated rings. The zero-order chi connectivity index (χ0) is 13.1. The van der Waals surface area contributed by atoms with E-state index in [1.807, 2.05) is 0 Å². The quantitative estimate of drug-likeness (QED) is 0.790. The average molecular weight is 259 g/mol. The summed E-state index contributed by atoms with van der Waals surface area (Å²) >= 11 is 0. The average Bonchev–Trinajstić information content (AvgIpc) is 2.83. The lowest BCUT2D eigenvalue weighted by molar-refractivity contribution is -0.0141. The lowest BCUT2D eigenvalue weighted by Crippen LogP contribution is -2.45. The van der Waals surface area contributed by atoms with Crippen LogP contribution in [-0.2, 0) is 12.8 Å². The van der Waals surface area contributed by atoms with Crippen molar-refractivity contribution in [2.45, 2.75) is 57.5 Å². The molecule has 2 aliphatic carbocycles. The van der Waals surface area contributed by atoms with E-state index in [1.165, 1.54) is 49.7 Å². The first-order valence-corrected chi connectivity index (χ1v) is 7.83. The Bertz CT molecular complexity index is 437. The van der Waals surface area contributed by atoms with Crippen LogP contribution in [0.5, 0.6) is 5.75 Å². The van der Waals surface area contributed by atoms with Gasteiger partial charge >= 0.3 is 0 Å². The molecule has 0 aromatic heterocycles. The number of fused-ring (bicyclic) bond motifs is 1. The van der Waals surface area contributed by atoms with Gasteiger partial charge in [-0.05, 0) is 81.3 Å². The van der Waals surface area contributed by atoms with Gasteiger partial charge in [0.25, 0.3) is 0 Å². The largest absolute Gasteiger partial charge is 0.487 e. The molecule has 19 heavy (non-hydrogen) atoms. The molecule has 1 aromatic rings. The fraction of sp³-hybridized carbons (Fsp3) is 0.647. The van der Waals surface area contributed by atoms with Gasteiger partial charge in [0.15, 0.2) is 0 Å². The molecule has 3 rings (SSSR count). The normalized spacial score (nSPS) is 19.8. The third-order valence-electron chi connectivity index (χ3n) is 4.68. The number of hydrogen-bond acceptors (Lipinski definition) is 2. The number of hydrogen-bond donors (Lipinski definition) is 1. The van der Waals surface area contributed by atoms with E-state index >= 15 is 0 Å². The number of aryl methyl sites for hydroxylation is 2. The Morgan fingerprint density at radius 2 is 2.00 bits per heavy atom. The molecule has 104 valence electrons. The molecule has 1 saturated carbocycles. The number of ether oxygens (including phenoxy) is 1. The number of rotatable bonds is 6. The fourth-order valence-electron chi connectivity index (χ4n) is 3.33. The highest BCUT2D eigenvalue weighted by atomic mass is 16.5. The van der Waals surface area contributed by atoms with Crippen molar-refractivity contribution in [2.24, 2.45) is 0 Å². The fourth-order valence-corrected chi connectivity index (χ4v) is 3.33. The van der Waals surface area contributed by atoms with Gasteiger partial charge in [-0.3, -0.25) is 0 Å². The Labute approximate surface area is 116 Å². The standard InChI is InChI=1S/C17H25NO/c1-2-18-12-11-17(9-4-10-17)19-16-8-7-14-5-3-6-15(14)13-16/h7-8,13,18H,2-6,9-12H2,1H3. The minimum atomic E-state index is 0.120. The Hall–Kier alpha value is -1.02. The van der Waals surface area contributed by atoms with Crippen molar-refractivity contribution in [1.29, 1.82) is 0 Å². The van der Waals surface area contributed by atoms with Crippen LogP contribution in [0.2, 0.25) is 0 Å². The summed E-state index contributed by atoms with van der Waals surface area (Å²) in [7, 11) is 0.